The van der Waals surface area contributed by atoms with Crippen molar-refractivity contribution in [3.05, 3.63) is 35.4 Å². The lowest BCUT2D eigenvalue weighted by atomic mass is 10.1. The first kappa shape index (κ1) is 17.7. The van der Waals surface area contributed by atoms with E-state index < -0.39 is 0 Å². The first-order valence-corrected chi connectivity index (χ1v) is 7.45. The first-order valence-electron chi connectivity index (χ1n) is 7.45. The molecule has 0 fully saturated rings. The molecule has 0 aliphatic rings. The van der Waals surface area contributed by atoms with Gasteiger partial charge in [0.2, 0.25) is 0 Å². The topological polar surface area (TPSA) is 146 Å². The Morgan fingerprint density at radius 1 is 1.08 bits per heavy atom. The molecule has 0 unspecified atom stereocenters. The van der Waals surface area contributed by atoms with Crippen molar-refractivity contribution in [3.8, 4) is 6.01 Å². The summed E-state index contributed by atoms with van der Waals surface area (Å²) in [7, 11) is 1.59. The molecule has 24 heavy (non-hydrogen) atoms. The third-order valence-corrected chi connectivity index (χ3v) is 3.30. The van der Waals surface area contributed by atoms with Gasteiger partial charge in [0.1, 0.15) is 12.3 Å². The van der Waals surface area contributed by atoms with Gasteiger partial charge in [-0.1, -0.05) is 24.3 Å². The fourth-order valence-corrected chi connectivity index (χ4v) is 1.99. The standard InChI is InChI=1S/C15H23N7O2/c1-23-6-7-24-15-20-13(17)12(22-18)14(21-15)19-9-11-4-2-10(8-16)3-5-11/h2-5,22H,6-9,16,18H2,1H3,(H3,17,19,20,21). The van der Waals surface area contributed by atoms with Crippen molar-refractivity contribution in [1.82, 2.24) is 9.97 Å². The summed E-state index contributed by atoms with van der Waals surface area (Å²) in [5.41, 5.74) is 16.5. The number of hydrogen-bond acceptors (Lipinski definition) is 9. The number of hydrogen-bond donors (Lipinski definition) is 5. The lowest BCUT2D eigenvalue weighted by Crippen LogP contribution is -2.16. The molecule has 0 radical (unpaired) electrons. The average Bonchev–Trinajstić information content (AvgIpc) is 2.60. The molecule has 0 saturated heterocycles. The van der Waals surface area contributed by atoms with Gasteiger partial charge in [0.15, 0.2) is 11.6 Å². The van der Waals surface area contributed by atoms with Crippen LogP contribution in [0.1, 0.15) is 11.1 Å². The molecule has 1 aromatic heterocycles. The van der Waals surface area contributed by atoms with Crippen LogP contribution in [0.5, 0.6) is 6.01 Å². The molecule has 9 nitrogen and oxygen atoms in total. The highest BCUT2D eigenvalue weighted by Gasteiger charge is 2.12. The number of anilines is 3. The maximum Gasteiger partial charge on any atom is 0.320 e. The normalized spacial score (nSPS) is 10.5. The van der Waals surface area contributed by atoms with Crippen molar-refractivity contribution in [2.24, 2.45) is 11.6 Å². The van der Waals surface area contributed by atoms with E-state index in [9.17, 15) is 0 Å². The van der Waals surface area contributed by atoms with E-state index in [1.807, 2.05) is 24.3 Å². The summed E-state index contributed by atoms with van der Waals surface area (Å²) >= 11 is 0. The molecule has 0 atom stereocenters. The number of nitrogens with zero attached hydrogens (tertiary/aromatic N) is 2. The van der Waals surface area contributed by atoms with Crippen molar-refractivity contribution in [1.29, 1.82) is 0 Å². The monoisotopic (exact) mass is 333 g/mol. The Labute approximate surface area is 140 Å². The Hall–Kier alpha value is -2.62. The smallest absolute Gasteiger partial charge is 0.320 e. The Bertz CT molecular complexity index is 649. The van der Waals surface area contributed by atoms with E-state index in [0.717, 1.165) is 11.1 Å². The van der Waals surface area contributed by atoms with Crippen LogP contribution in [0, 0.1) is 0 Å². The number of aromatic nitrogens is 2. The zero-order chi connectivity index (χ0) is 17.4. The maximum absolute atomic E-state index is 5.89. The summed E-state index contributed by atoms with van der Waals surface area (Å²) in [5.74, 6) is 6.16. The summed E-state index contributed by atoms with van der Waals surface area (Å²) < 4.78 is 10.3. The number of methoxy groups -OCH3 is 1. The van der Waals surface area contributed by atoms with Gasteiger partial charge in [-0.25, -0.2) is 0 Å². The van der Waals surface area contributed by atoms with Gasteiger partial charge in [-0.3, -0.25) is 5.84 Å². The number of hydrazine groups is 1. The van der Waals surface area contributed by atoms with Gasteiger partial charge < -0.3 is 31.7 Å². The van der Waals surface area contributed by atoms with Gasteiger partial charge in [0.25, 0.3) is 0 Å². The summed E-state index contributed by atoms with van der Waals surface area (Å²) in [6.07, 6.45) is 0. The second-order valence-electron chi connectivity index (χ2n) is 4.97. The van der Waals surface area contributed by atoms with Crippen molar-refractivity contribution < 1.29 is 9.47 Å². The summed E-state index contributed by atoms with van der Waals surface area (Å²) in [4.78, 5) is 8.33. The lowest BCUT2D eigenvalue weighted by Gasteiger charge is -2.14. The van der Waals surface area contributed by atoms with E-state index in [-0.39, 0.29) is 11.8 Å². The third-order valence-electron chi connectivity index (χ3n) is 3.30. The van der Waals surface area contributed by atoms with E-state index in [1.54, 1.807) is 7.11 Å². The van der Waals surface area contributed by atoms with Crippen LogP contribution in [0.4, 0.5) is 17.3 Å². The Morgan fingerprint density at radius 3 is 2.42 bits per heavy atom. The van der Waals surface area contributed by atoms with Crippen molar-refractivity contribution in [3.63, 3.8) is 0 Å². The average molecular weight is 333 g/mol. The Kier molecular flexibility index (Phi) is 6.55. The molecule has 1 aromatic carbocycles. The Balaban J connectivity index is 2.10. The van der Waals surface area contributed by atoms with Gasteiger partial charge in [0, 0.05) is 20.2 Å². The molecule has 0 saturated carbocycles. The molecule has 8 N–H and O–H groups in total. The molecule has 1 heterocycles. The summed E-state index contributed by atoms with van der Waals surface area (Å²) in [5, 5.41) is 3.17. The fraction of sp³-hybridized carbons (Fsp3) is 0.333. The highest BCUT2D eigenvalue weighted by molar-refractivity contribution is 5.75. The van der Waals surface area contributed by atoms with Gasteiger partial charge in [-0.2, -0.15) is 9.97 Å². The SMILES string of the molecule is COCCOc1nc(N)c(NN)c(NCc2ccc(CN)cc2)n1. The molecular formula is C15H23N7O2. The van der Waals surface area contributed by atoms with E-state index in [2.05, 4.69) is 20.7 Å². The minimum Gasteiger partial charge on any atom is -0.461 e. The minimum absolute atomic E-state index is 0.157. The molecular weight excluding hydrogens is 310 g/mol. The van der Waals surface area contributed by atoms with Gasteiger partial charge >= 0.3 is 6.01 Å². The van der Waals surface area contributed by atoms with Crippen LogP contribution in [0.15, 0.2) is 24.3 Å². The van der Waals surface area contributed by atoms with Crippen LogP contribution >= 0.6 is 0 Å². The number of rotatable bonds is 9. The molecule has 0 spiro atoms. The molecule has 0 amide bonds. The maximum atomic E-state index is 5.89. The number of benzene rings is 1. The van der Waals surface area contributed by atoms with E-state index in [1.165, 1.54) is 0 Å². The number of nitrogen functional groups attached to an aromatic ring is 2. The van der Waals surface area contributed by atoms with Crippen LogP contribution in [0.25, 0.3) is 0 Å². The zero-order valence-corrected chi connectivity index (χ0v) is 13.6. The zero-order valence-electron chi connectivity index (χ0n) is 13.6. The molecule has 2 aromatic rings. The lowest BCUT2D eigenvalue weighted by molar-refractivity contribution is 0.141. The number of ether oxygens (including phenoxy) is 2. The fourth-order valence-electron chi connectivity index (χ4n) is 1.99. The molecule has 2 rings (SSSR count). The third kappa shape index (κ3) is 4.69. The summed E-state index contributed by atoms with van der Waals surface area (Å²) in [6, 6.07) is 8.10. The first-order chi connectivity index (χ1) is 11.7. The van der Waals surface area contributed by atoms with E-state index in [4.69, 9.17) is 26.8 Å². The predicted octanol–water partition coefficient (Wildman–Crippen LogP) is 0.440. The van der Waals surface area contributed by atoms with Crippen LogP contribution in [-0.4, -0.2) is 30.3 Å². The predicted molar refractivity (Wildman–Crippen MR) is 93.3 cm³/mol. The quantitative estimate of drug-likeness (QED) is 0.250. The summed E-state index contributed by atoms with van der Waals surface area (Å²) in [6.45, 7) is 1.80. The van der Waals surface area contributed by atoms with Crippen molar-refractivity contribution in [2.75, 3.05) is 36.8 Å². The molecule has 0 bridgehead atoms. The van der Waals surface area contributed by atoms with Crippen molar-refractivity contribution >= 4 is 17.3 Å². The van der Waals surface area contributed by atoms with Gasteiger partial charge in [-0.15, -0.1) is 0 Å². The number of nitrogens with one attached hydrogen (secondary N) is 2. The van der Waals surface area contributed by atoms with Crippen LogP contribution in [0.2, 0.25) is 0 Å². The van der Waals surface area contributed by atoms with Gasteiger partial charge in [0.05, 0.1) is 6.61 Å². The second kappa shape index (κ2) is 8.87. The minimum atomic E-state index is 0.157. The Morgan fingerprint density at radius 2 is 1.79 bits per heavy atom. The van der Waals surface area contributed by atoms with Crippen LogP contribution in [-0.2, 0) is 17.8 Å². The second-order valence-corrected chi connectivity index (χ2v) is 4.97. The van der Waals surface area contributed by atoms with E-state index >= 15 is 0 Å². The number of nitrogens with two attached hydrogens (primary N) is 3. The van der Waals surface area contributed by atoms with Crippen LogP contribution in [0.3, 0.4) is 0 Å². The largest absolute Gasteiger partial charge is 0.461 e. The molecule has 0 aliphatic carbocycles. The van der Waals surface area contributed by atoms with Crippen LogP contribution < -0.4 is 32.8 Å². The highest BCUT2D eigenvalue weighted by atomic mass is 16.5. The molecule has 0 aliphatic heterocycles. The molecule has 9 heteroatoms. The highest BCUT2D eigenvalue weighted by Crippen LogP contribution is 2.27. The molecule has 130 valence electrons. The van der Waals surface area contributed by atoms with E-state index in [0.29, 0.717) is 37.8 Å². The van der Waals surface area contributed by atoms with Gasteiger partial charge in [-0.05, 0) is 11.1 Å². The van der Waals surface area contributed by atoms with Crippen molar-refractivity contribution in [2.45, 2.75) is 13.1 Å².